The lowest BCUT2D eigenvalue weighted by molar-refractivity contribution is -0.123. The van der Waals surface area contributed by atoms with Crippen molar-refractivity contribution in [2.24, 2.45) is 5.73 Å². The molecule has 1 rings (SSSR count). The molecule has 0 radical (unpaired) electrons. The summed E-state index contributed by atoms with van der Waals surface area (Å²) in [5.74, 6) is -0.280. The van der Waals surface area contributed by atoms with E-state index >= 15 is 0 Å². The highest BCUT2D eigenvalue weighted by atomic mass is 16.5. The van der Waals surface area contributed by atoms with Gasteiger partial charge in [-0.15, -0.1) is 0 Å². The molecule has 0 aromatic carbocycles. The number of amides is 1. The Morgan fingerprint density at radius 3 is 2.94 bits per heavy atom. The van der Waals surface area contributed by atoms with Crippen molar-refractivity contribution in [3.8, 4) is 0 Å². The monoisotopic (exact) mass is 257 g/mol. The molecule has 2 unspecified atom stereocenters. The lowest BCUT2D eigenvalue weighted by Crippen LogP contribution is -2.51. The maximum Gasteiger partial charge on any atom is 0.237 e. The predicted octanol–water partition coefficient (Wildman–Crippen LogP) is 0.341. The molecular formula is C13H27N3O2. The van der Waals surface area contributed by atoms with Crippen LogP contribution in [0.5, 0.6) is 0 Å². The zero-order chi connectivity index (χ0) is 13.6. The van der Waals surface area contributed by atoms with Gasteiger partial charge in [0.05, 0.1) is 11.6 Å². The largest absolute Gasteiger partial charge is 0.377 e. The van der Waals surface area contributed by atoms with E-state index < -0.39 is 5.54 Å². The van der Waals surface area contributed by atoms with Crippen LogP contribution in [0.15, 0.2) is 0 Å². The Morgan fingerprint density at radius 1 is 1.61 bits per heavy atom. The average Bonchev–Trinajstić information content (AvgIpc) is 2.53. The molecule has 1 amide bonds. The van der Waals surface area contributed by atoms with E-state index in [-0.39, 0.29) is 5.91 Å². The first kappa shape index (κ1) is 15.4. The molecule has 3 N–H and O–H groups in total. The van der Waals surface area contributed by atoms with E-state index in [1.54, 1.807) is 7.05 Å². The zero-order valence-electron chi connectivity index (χ0n) is 11.9. The van der Waals surface area contributed by atoms with Gasteiger partial charge in [-0.3, -0.25) is 4.79 Å². The number of carbonyl (C=O) groups is 1. The highest BCUT2D eigenvalue weighted by Crippen LogP contribution is 2.13. The Balaban J connectivity index is 2.33. The summed E-state index contributed by atoms with van der Waals surface area (Å²) in [5.41, 5.74) is 4.82. The maximum atomic E-state index is 11.4. The third-order valence-electron chi connectivity index (χ3n) is 3.78. The number of hydrogen-bond donors (Lipinski definition) is 2. The van der Waals surface area contributed by atoms with Crippen LogP contribution in [-0.4, -0.2) is 55.7 Å². The third-order valence-corrected chi connectivity index (χ3v) is 3.78. The summed E-state index contributed by atoms with van der Waals surface area (Å²) < 4.78 is 5.61. The Bertz CT molecular complexity index is 273. The predicted molar refractivity (Wildman–Crippen MR) is 72.4 cm³/mol. The van der Waals surface area contributed by atoms with Gasteiger partial charge >= 0.3 is 0 Å². The fourth-order valence-corrected chi connectivity index (χ4v) is 2.31. The van der Waals surface area contributed by atoms with Crippen molar-refractivity contribution in [3.63, 3.8) is 0 Å². The number of primary amides is 1. The van der Waals surface area contributed by atoms with Crippen LogP contribution in [0, 0.1) is 0 Å². The summed E-state index contributed by atoms with van der Waals surface area (Å²) >= 11 is 0. The van der Waals surface area contributed by atoms with Gasteiger partial charge in [-0.05, 0) is 46.7 Å². The number of rotatable bonds is 6. The van der Waals surface area contributed by atoms with E-state index in [1.165, 1.54) is 0 Å². The molecule has 1 aliphatic heterocycles. The van der Waals surface area contributed by atoms with Gasteiger partial charge in [-0.25, -0.2) is 0 Å². The second-order valence-electron chi connectivity index (χ2n) is 5.39. The smallest absolute Gasteiger partial charge is 0.237 e. The quantitative estimate of drug-likeness (QED) is 0.720. The number of nitrogens with one attached hydrogen (secondary N) is 1. The van der Waals surface area contributed by atoms with Gasteiger partial charge in [0.15, 0.2) is 0 Å². The van der Waals surface area contributed by atoms with Crippen LogP contribution in [-0.2, 0) is 9.53 Å². The molecule has 0 aromatic rings. The second-order valence-corrected chi connectivity index (χ2v) is 5.39. The van der Waals surface area contributed by atoms with E-state index in [4.69, 9.17) is 10.5 Å². The molecular weight excluding hydrogens is 230 g/mol. The molecule has 1 saturated heterocycles. The van der Waals surface area contributed by atoms with Crippen molar-refractivity contribution in [3.05, 3.63) is 0 Å². The molecule has 0 saturated carbocycles. The molecule has 2 atom stereocenters. The minimum Gasteiger partial charge on any atom is -0.377 e. The van der Waals surface area contributed by atoms with E-state index in [9.17, 15) is 4.79 Å². The first-order chi connectivity index (χ1) is 8.48. The van der Waals surface area contributed by atoms with Gasteiger partial charge in [0, 0.05) is 19.7 Å². The van der Waals surface area contributed by atoms with Gasteiger partial charge in [0.1, 0.15) is 0 Å². The van der Waals surface area contributed by atoms with Crippen LogP contribution in [0.2, 0.25) is 0 Å². The Labute approximate surface area is 110 Å². The number of ether oxygens (including phenoxy) is 1. The SMILES string of the molecule is CNC(C)(CCCN1CCCOC(C)C1)C(N)=O. The van der Waals surface area contributed by atoms with Gasteiger partial charge in [-0.1, -0.05) is 0 Å². The molecule has 18 heavy (non-hydrogen) atoms. The van der Waals surface area contributed by atoms with Crippen molar-refractivity contribution in [1.82, 2.24) is 10.2 Å². The molecule has 1 aliphatic rings. The highest BCUT2D eigenvalue weighted by Gasteiger charge is 2.28. The Morgan fingerprint density at radius 2 is 2.33 bits per heavy atom. The summed E-state index contributed by atoms with van der Waals surface area (Å²) in [4.78, 5) is 13.8. The van der Waals surface area contributed by atoms with Crippen molar-refractivity contribution in [2.75, 3.05) is 33.3 Å². The second kappa shape index (κ2) is 7.07. The molecule has 0 aliphatic carbocycles. The molecule has 1 fully saturated rings. The van der Waals surface area contributed by atoms with Gasteiger partial charge in [0.25, 0.3) is 0 Å². The van der Waals surface area contributed by atoms with E-state index in [0.717, 1.165) is 45.5 Å². The van der Waals surface area contributed by atoms with Crippen molar-refractivity contribution >= 4 is 5.91 Å². The zero-order valence-corrected chi connectivity index (χ0v) is 11.9. The van der Waals surface area contributed by atoms with Crippen molar-refractivity contribution in [2.45, 2.75) is 44.8 Å². The molecule has 0 spiro atoms. The summed E-state index contributed by atoms with van der Waals surface area (Å²) in [6.07, 6.45) is 3.13. The average molecular weight is 257 g/mol. The van der Waals surface area contributed by atoms with Gasteiger partial charge in [-0.2, -0.15) is 0 Å². The minimum absolute atomic E-state index is 0.280. The summed E-state index contributed by atoms with van der Waals surface area (Å²) in [6.45, 7) is 7.89. The first-order valence-electron chi connectivity index (χ1n) is 6.81. The lowest BCUT2D eigenvalue weighted by atomic mass is 9.95. The molecule has 0 bridgehead atoms. The number of hydrogen-bond acceptors (Lipinski definition) is 4. The summed E-state index contributed by atoms with van der Waals surface area (Å²) in [7, 11) is 1.78. The van der Waals surface area contributed by atoms with E-state index in [0.29, 0.717) is 6.10 Å². The standard InChI is InChI=1S/C13H27N3O2/c1-11-10-16(8-5-9-18-11)7-4-6-13(2,15-3)12(14)17/h11,15H,4-10H2,1-3H3,(H2,14,17). The number of nitrogens with zero attached hydrogens (tertiary/aromatic N) is 1. The van der Waals surface area contributed by atoms with Crippen LogP contribution in [0.4, 0.5) is 0 Å². The van der Waals surface area contributed by atoms with Crippen LogP contribution in [0.3, 0.4) is 0 Å². The first-order valence-corrected chi connectivity index (χ1v) is 6.81. The van der Waals surface area contributed by atoms with Crippen LogP contribution >= 0.6 is 0 Å². The number of carbonyl (C=O) groups excluding carboxylic acids is 1. The van der Waals surface area contributed by atoms with Crippen molar-refractivity contribution in [1.29, 1.82) is 0 Å². The van der Waals surface area contributed by atoms with Crippen molar-refractivity contribution < 1.29 is 9.53 Å². The van der Waals surface area contributed by atoms with Crippen LogP contribution in [0.1, 0.15) is 33.1 Å². The third kappa shape index (κ3) is 4.55. The van der Waals surface area contributed by atoms with E-state index in [1.807, 2.05) is 6.92 Å². The Hall–Kier alpha value is -0.650. The van der Waals surface area contributed by atoms with E-state index in [2.05, 4.69) is 17.1 Å². The van der Waals surface area contributed by atoms with Crippen LogP contribution < -0.4 is 11.1 Å². The molecule has 1 heterocycles. The lowest BCUT2D eigenvalue weighted by Gasteiger charge is -2.27. The fourth-order valence-electron chi connectivity index (χ4n) is 2.31. The molecule has 5 nitrogen and oxygen atoms in total. The fraction of sp³-hybridized carbons (Fsp3) is 0.923. The Kier molecular flexibility index (Phi) is 6.05. The number of nitrogens with two attached hydrogens (primary N) is 1. The summed E-state index contributed by atoms with van der Waals surface area (Å²) in [5, 5.41) is 3.02. The minimum atomic E-state index is -0.589. The molecule has 106 valence electrons. The number of likely N-dealkylation sites (N-methyl/N-ethyl adjacent to an activating group) is 1. The molecule has 5 heteroatoms. The van der Waals surface area contributed by atoms with Crippen LogP contribution in [0.25, 0.3) is 0 Å². The topological polar surface area (TPSA) is 67.6 Å². The van der Waals surface area contributed by atoms with Gasteiger partial charge in [0.2, 0.25) is 5.91 Å². The van der Waals surface area contributed by atoms with Gasteiger partial charge < -0.3 is 20.7 Å². The maximum absolute atomic E-state index is 11.4. The normalized spacial score (nSPS) is 25.4. The highest BCUT2D eigenvalue weighted by molar-refractivity contribution is 5.84. The summed E-state index contributed by atoms with van der Waals surface area (Å²) in [6, 6.07) is 0. The molecule has 0 aromatic heterocycles.